The van der Waals surface area contributed by atoms with E-state index in [9.17, 15) is 4.79 Å². The summed E-state index contributed by atoms with van der Waals surface area (Å²) in [6, 6.07) is 9.35. The van der Waals surface area contributed by atoms with E-state index in [0.29, 0.717) is 29.0 Å². The van der Waals surface area contributed by atoms with Gasteiger partial charge in [-0.25, -0.2) is 4.99 Å². The van der Waals surface area contributed by atoms with E-state index >= 15 is 0 Å². The normalized spacial score (nSPS) is 24.4. The van der Waals surface area contributed by atoms with Crippen molar-refractivity contribution >= 4 is 40.5 Å². The first-order valence-corrected chi connectivity index (χ1v) is 9.66. The molecule has 0 radical (unpaired) electrons. The first-order chi connectivity index (χ1) is 13.7. The Labute approximate surface area is 166 Å². The first-order valence-electron chi connectivity index (χ1n) is 9.28. The maximum atomic E-state index is 12.7. The molecule has 3 aromatic rings. The van der Waals surface area contributed by atoms with E-state index in [1.54, 1.807) is 12.4 Å². The van der Waals surface area contributed by atoms with Crippen LogP contribution < -0.4 is 10.6 Å². The molecule has 3 unspecified atom stereocenters. The number of aliphatic imine (C=N–C) groups is 1. The van der Waals surface area contributed by atoms with Crippen molar-refractivity contribution in [2.24, 2.45) is 10.9 Å². The quantitative estimate of drug-likeness (QED) is 0.686. The molecule has 0 bridgehead atoms. The van der Waals surface area contributed by atoms with Gasteiger partial charge in [0.15, 0.2) is 11.5 Å². The van der Waals surface area contributed by atoms with Gasteiger partial charge in [-0.1, -0.05) is 23.7 Å². The van der Waals surface area contributed by atoms with Crippen molar-refractivity contribution in [2.45, 2.75) is 31.3 Å². The molecule has 1 aromatic carbocycles. The molecule has 1 saturated carbocycles. The van der Waals surface area contributed by atoms with Gasteiger partial charge in [0.05, 0.1) is 17.0 Å². The number of fused-ring (bicyclic) bond motifs is 2. The van der Waals surface area contributed by atoms with Crippen LogP contribution in [0.4, 0.5) is 6.01 Å². The predicted molar refractivity (Wildman–Crippen MR) is 106 cm³/mol. The number of carbonyl (C=O) groups excluding carboxylic acids is 1. The third-order valence-corrected chi connectivity index (χ3v) is 5.63. The molecule has 8 heteroatoms. The minimum absolute atomic E-state index is 0.0140. The zero-order valence-electron chi connectivity index (χ0n) is 14.9. The van der Waals surface area contributed by atoms with Gasteiger partial charge >= 0.3 is 6.01 Å². The number of oxazole rings is 1. The van der Waals surface area contributed by atoms with Crippen molar-refractivity contribution in [3.8, 4) is 0 Å². The molecule has 0 amide bonds. The molecule has 1 aliphatic heterocycles. The number of Topliss-reactive ketones (excluding diaryl/α,β-unsaturated/α-hetero) is 1. The van der Waals surface area contributed by atoms with E-state index in [1.807, 2.05) is 30.3 Å². The van der Waals surface area contributed by atoms with Crippen molar-refractivity contribution < 1.29 is 9.21 Å². The summed E-state index contributed by atoms with van der Waals surface area (Å²) < 4.78 is 5.75. The SMILES string of the molecule is O=C1CCCC2NC(Nc3nc4ccccc4o3)=NC(c3ccncc3Cl)C12. The van der Waals surface area contributed by atoms with Crippen LogP contribution in [-0.4, -0.2) is 27.8 Å². The highest BCUT2D eigenvalue weighted by Crippen LogP contribution is 2.40. The monoisotopic (exact) mass is 395 g/mol. The summed E-state index contributed by atoms with van der Waals surface area (Å²) in [7, 11) is 0. The summed E-state index contributed by atoms with van der Waals surface area (Å²) in [5.74, 6) is 0.495. The molecular formula is C20H18ClN5O2. The summed E-state index contributed by atoms with van der Waals surface area (Å²) in [4.78, 5) is 26.0. The minimum atomic E-state index is -0.374. The Kier molecular flexibility index (Phi) is 4.24. The number of hydrogen-bond donors (Lipinski definition) is 2. The van der Waals surface area contributed by atoms with Gasteiger partial charge in [-0.3, -0.25) is 15.1 Å². The molecule has 7 nitrogen and oxygen atoms in total. The number of nitrogens with zero attached hydrogens (tertiary/aromatic N) is 3. The zero-order chi connectivity index (χ0) is 19.1. The topological polar surface area (TPSA) is 92.4 Å². The van der Waals surface area contributed by atoms with E-state index < -0.39 is 0 Å². The number of nitrogens with one attached hydrogen (secondary N) is 2. The fourth-order valence-electron chi connectivity index (χ4n) is 4.04. The van der Waals surface area contributed by atoms with Crippen LogP contribution in [0.1, 0.15) is 30.9 Å². The molecular weight excluding hydrogens is 378 g/mol. The number of ketones is 1. The number of halogens is 1. The van der Waals surface area contributed by atoms with Crippen molar-refractivity contribution in [1.82, 2.24) is 15.3 Å². The number of pyridine rings is 1. The summed E-state index contributed by atoms with van der Waals surface area (Å²) in [5, 5.41) is 7.00. The molecule has 2 aliphatic rings. The van der Waals surface area contributed by atoms with Gasteiger partial charge < -0.3 is 9.73 Å². The zero-order valence-corrected chi connectivity index (χ0v) is 15.7. The lowest BCUT2D eigenvalue weighted by atomic mass is 9.76. The summed E-state index contributed by atoms with van der Waals surface area (Å²) >= 11 is 6.38. The van der Waals surface area contributed by atoms with E-state index in [4.69, 9.17) is 21.0 Å². The van der Waals surface area contributed by atoms with E-state index in [2.05, 4.69) is 20.6 Å². The van der Waals surface area contributed by atoms with Gasteiger partial charge in [-0.2, -0.15) is 4.98 Å². The summed E-state index contributed by atoms with van der Waals surface area (Å²) in [5.41, 5.74) is 2.27. The number of benzene rings is 1. The van der Waals surface area contributed by atoms with Crippen LogP contribution >= 0.6 is 11.6 Å². The highest BCUT2D eigenvalue weighted by Gasteiger charge is 2.42. The van der Waals surface area contributed by atoms with Crippen LogP contribution in [-0.2, 0) is 4.79 Å². The molecule has 142 valence electrons. The molecule has 3 heterocycles. The molecule has 0 spiro atoms. The van der Waals surface area contributed by atoms with Gasteiger partial charge in [-0.15, -0.1) is 0 Å². The smallest absolute Gasteiger partial charge is 0.302 e. The average molecular weight is 396 g/mol. The lowest BCUT2D eigenvalue weighted by molar-refractivity contribution is -0.126. The summed E-state index contributed by atoms with van der Waals surface area (Å²) in [6.07, 6.45) is 5.59. The molecule has 5 rings (SSSR count). The predicted octanol–water partition coefficient (Wildman–Crippen LogP) is 3.73. The molecule has 28 heavy (non-hydrogen) atoms. The number of rotatable bonds is 2. The maximum absolute atomic E-state index is 12.7. The first kappa shape index (κ1) is 17.2. The maximum Gasteiger partial charge on any atom is 0.302 e. The third-order valence-electron chi connectivity index (χ3n) is 5.32. The molecule has 3 atom stereocenters. The standard InChI is InChI=1S/C20H18ClN5O2/c21-12-10-22-9-8-11(12)18-17-14(5-3-6-15(17)27)23-19(25-18)26-20-24-13-4-1-2-7-16(13)28-20/h1-2,4,7-10,14,17-18H,3,5-6H2,(H2,23,24,25,26). The van der Waals surface area contributed by atoms with Gasteiger partial charge in [0, 0.05) is 24.9 Å². The second-order valence-electron chi connectivity index (χ2n) is 7.07. The lowest BCUT2D eigenvalue weighted by Gasteiger charge is -2.39. The van der Waals surface area contributed by atoms with Crippen molar-refractivity contribution in [3.63, 3.8) is 0 Å². The molecule has 1 fully saturated rings. The number of anilines is 1. The Morgan fingerprint density at radius 2 is 2.14 bits per heavy atom. The Morgan fingerprint density at radius 1 is 1.25 bits per heavy atom. The van der Waals surface area contributed by atoms with Crippen LogP contribution in [0.3, 0.4) is 0 Å². The second-order valence-corrected chi connectivity index (χ2v) is 7.47. The van der Waals surface area contributed by atoms with Crippen LogP contribution in [0.5, 0.6) is 0 Å². The van der Waals surface area contributed by atoms with Gasteiger partial charge in [0.2, 0.25) is 0 Å². The molecule has 1 aliphatic carbocycles. The second kappa shape index (κ2) is 6.91. The van der Waals surface area contributed by atoms with Crippen LogP contribution in [0.25, 0.3) is 11.1 Å². The number of para-hydroxylation sites is 2. The van der Waals surface area contributed by atoms with Crippen molar-refractivity contribution in [2.75, 3.05) is 5.32 Å². The Bertz CT molecular complexity index is 1050. The Morgan fingerprint density at radius 3 is 3.00 bits per heavy atom. The third kappa shape index (κ3) is 3.01. The highest BCUT2D eigenvalue weighted by molar-refractivity contribution is 6.31. The molecule has 2 N–H and O–H groups in total. The van der Waals surface area contributed by atoms with E-state index in [1.165, 1.54) is 0 Å². The van der Waals surface area contributed by atoms with Crippen molar-refractivity contribution in [3.05, 3.63) is 53.3 Å². The highest BCUT2D eigenvalue weighted by atomic mass is 35.5. The van der Waals surface area contributed by atoms with Crippen LogP contribution in [0.15, 0.2) is 52.1 Å². The van der Waals surface area contributed by atoms with Gasteiger partial charge in [0.1, 0.15) is 11.3 Å². The molecule has 0 saturated heterocycles. The Balaban J connectivity index is 1.52. The lowest BCUT2D eigenvalue weighted by Crippen LogP contribution is -2.53. The van der Waals surface area contributed by atoms with Crippen LogP contribution in [0, 0.1) is 5.92 Å². The van der Waals surface area contributed by atoms with Gasteiger partial charge in [0.25, 0.3) is 0 Å². The minimum Gasteiger partial charge on any atom is -0.423 e. The van der Waals surface area contributed by atoms with E-state index in [-0.39, 0.29) is 23.8 Å². The van der Waals surface area contributed by atoms with Crippen molar-refractivity contribution in [1.29, 1.82) is 0 Å². The van der Waals surface area contributed by atoms with E-state index in [0.717, 1.165) is 23.9 Å². The number of hydrogen-bond acceptors (Lipinski definition) is 7. The largest absolute Gasteiger partial charge is 0.423 e. The van der Waals surface area contributed by atoms with Gasteiger partial charge in [-0.05, 0) is 36.6 Å². The van der Waals surface area contributed by atoms with Crippen LogP contribution in [0.2, 0.25) is 5.02 Å². The molecule has 2 aromatic heterocycles. The fraction of sp³-hybridized carbons (Fsp3) is 0.300. The number of guanidine groups is 1. The average Bonchev–Trinajstić information content (AvgIpc) is 3.10. The number of aromatic nitrogens is 2. The number of carbonyl (C=O) groups is 1. The summed E-state index contributed by atoms with van der Waals surface area (Å²) in [6.45, 7) is 0. The fourth-order valence-corrected chi connectivity index (χ4v) is 4.27. The Hall–Kier alpha value is -2.93.